The van der Waals surface area contributed by atoms with Crippen molar-refractivity contribution in [3.05, 3.63) is 41.6 Å². The second kappa shape index (κ2) is 6.93. The number of aryl methyl sites for hydroxylation is 1. The normalized spacial score (nSPS) is 17.1. The topological polar surface area (TPSA) is 49.6 Å². The molecule has 6 nitrogen and oxygen atoms in total. The molecule has 2 aliphatic heterocycles. The molecule has 4 heterocycles. The number of likely N-dealkylation sites (tertiary alicyclic amines) is 1. The average Bonchev–Trinajstić information content (AvgIpc) is 3.42. The van der Waals surface area contributed by atoms with Gasteiger partial charge in [-0.3, -0.25) is 0 Å². The lowest BCUT2D eigenvalue weighted by Crippen LogP contribution is -2.28. The van der Waals surface area contributed by atoms with Crippen molar-refractivity contribution in [2.24, 2.45) is 0 Å². The van der Waals surface area contributed by atoms with E-state index >= 15 is 0 Å². The molecular formula is C21H26N6. The molecule has 0 aliphatic carbocycles. The Morgan fingerprint density at radius 1 is 0.963 bits per heavy atom. The van der Waals surface area contributed by atoms with E-state index in [0.717, 1.165) is 36.6 Å². The maximum absolute atomic E-state index is 4.82. The fourth-order valence-electron chi connectivity index (χ4n) is 4.41. The maximum atomic E-state index is 4.82. The van der Waals surface area contributed by atoms with Crippen LogP contribution in [0.3, 0.4) is 0 Å². The van der Waals surface area contributed by atoms with Crippen LogP contribution in [0.1, 0.15) is 30.5 Å². The minimum atomic E-state index is 0.705. The van der Waals surface area contributed by atoms with Crippen LogP contribution in [0.2, 0.25) is 0 Å². The summed E-state index contributed by atoms with van der Waals surface area (Å²) < 4.78 is 1.97. The molecule has 0 radical (unpaired) electrons. The van der Waals surface area contributed by atoms with E-state index in [1.807, 2.05) is 22.7 Å². The minimum absolute atomic E-state index is 0.705. The Morgan fingerprint density at radius 3 is 2.59 bits per heavy atom. The summed E-state index contributed by atoms with van der Waals surface area (Å²) in [6, 6.07) is 10.2. The van der Waals surface area contributed by atoms with Crippen LogP contribution in [-0.2, 0) is 6.42 Å². The van der Waals surface area contributed by atoms with E-state index in [1.54, 1.807) is 0 Å². The van der Waals surface area contributed by atoms with Gasteiger partial charge in [0.2, 0.25) is 0 Å². The molecule has 0 saturated carbocycles. The number of anilines is 1. The highest BCUT2D eigenvalue weighted by molar-refractivity contribution is 5.62. The van der Waals surface area contributed by atoms with Crippen molar-refractivity contribution in [3.8, 4) is 11.4 Å². The van der Waals surface area contributed by atoms with Crippen LogP contribution < -0.4 is 4.90 Å². The fourth-order valence-corrected chi connectivity index (χ4v) is 4.41. The third-order valence-electron chi connectivity index (χ3n) is 5.83. The molecule has 27 heavy (non-hydrogen) atoms. The van der Waals surface area contributed by atoms with E-state index in [4.69, 9.17) is 15.1 Å². The highest BCUT2D eigenvalue weighted by Crippen LogP contribution is 2.31. The number of hydrogen-bond donors (Lipinski definition) is 0. The van der Waals surface area contributed by atoms with Crippen LogP contribution >= 0.6 is 0 Å². The van der Waals surface area contributed by atoms with Gasteiger partial charge in [-0.15, -0.1) is 5.10 Å². The molecule has 140 valence electrons. The lowest BCUT2D eigenvalue weighted by atomic mass is 10.2. The summed E-state index contributed by atoms with van der Waals surface area (Å²) in [5.41, 5.74) is 3.45. The quantitative estimate of drug-likeness (QED) is 0.698. The van der Waals surface area contributed by atoms with Gasteiger partial charge in [-0.2, -0.15) is 9.50 Å². The summed E-state index contributed by atoms with van der Waals surface area (Å²) in [7, 11) is 0. The zero-order valence-electron chi connectivity index (χ0n) is 15.9. The smallest absolute Gasteiger partial charge is 0.254 e. The molecule has 0 bridgehead atoms. The van der Waals surface area contributed by atoms with Crippen molar-refractivity contribution < 1.29 is 0 Å². The minimum Gasteiger partial charge on any atom is -0.356 e. The van der Waals surface area contributed by atoms with Gasteiger partial charge >= 0.3 is 0 Å². The molecule has 3 aromatic rings. The monoisotopic (exact) mass is 362 g/mol. The molecule has 2 aromatic heterocycles. The summed E-state index contributed by atoms with van der Waals surface area (Å²) in [4.78, 5) is 14.5. The predicted molar refractivity (Wildman–Crippen MR) is 107 cm³/mol. The summed E-state index contributed by atoms with van der Waals surface area (Å²) >= 11 is 0. The molecule has 1 saturated heterocycles. The first kappa shape index (κ1) is 16.7. The number of fused-ring (bicyclic) bond motifs is 3. The first-order valence-corrected chi connectivity index (χ1v) is 10.1. The molecule has 1 aromatic carbocycles. The van der Waals surface area contributed by atoms with Crippen molar-refractivity contribution in [3.63, 3.8) is 0 Å². The Balaban J connectivity index is 1.44. The van der Waals surface area contributed by atoms with Gasteiger partial charge < -0.3 is 9.80 Å². The van der Waals surface area contributed by atoms with Gasteiger partial charge in [-0.05, 0) is 52.2 Å². The van der Waals surface area contributed by atoms with Gasteiger partial charge in [0.1, 0.15) is 5.82 Å². The van der Waals surface area contributed by atoms with Gasteiger partial charge in [0.05, 0.1) is 0 Å². The van der Waals surface area contributed by atoms with Crippen LogP contribution in [0.15, 0.2) is 30.3 Å². The Labute approximate surface area is 159 Å². The van der Waals surface area contributed by atoms with Gasteiger partial charge in [-0.25, -0.2) is 4.98 Å². The van der Waals surface area contributed by atoms with Gasteiger partial charge in [-0.1, -0.05) is 30.3 Å². The molecular weight excluding hydrogens is 336 g/mol. The molecule has 6 heteroatoms. The van der Waals surface area contributed by atoms with E-state index in [0.29, 0.717) is 5.78 Å². The Hall–Kier alpha value is -2.47. The molecule has 0 N–H and O–H groups in total. The van der Waals surface area contributed by atoms with Crippen LogP contribution in [0.4, 0.5) is 5.82 Å². The maximum Gasteiger partial charge on any atom is 0.254 e. The van der Waals surface area contributed by atoms with E-state index in [-0.39, 0.29) is 0 Å². The first-order valence-electron chi connectivity index (χ1n) is 10.1. The average molecular weight is 362 g/mol. The largest absolute Gasteiger partial charge is 0.356 e. The van der Waals surface area contributed by atoms with E-state index in [9.17, 15) is 0 Å². The van der Waals surface area contributed by atoms with E-state index in [1.165, 1.54) is 50.3 Å². The number of benzene rings is 1. The van der Waals surface area contributed by atoms with Crippen LogP contribution in [0.5, 0.6) is 0 Å². The first-order chi connectivity index (χ1) is 13.3. The number of aromatic nitrogens is 4. The van der Waals surface area contributed by atoms with Gasteiger partial charge in [0.15, 0.2) is 5.82 Å². The third kappa shape index (κ3) is 3.08. The predicted octanol–water partition coefficient (Wildman–Crippen LogP) is 2.95. The van der Waals surface area contributed by atoms with Crippen LogP contribution in [0.25, 0.3) is 17.2 Å². The van der Waals surface area contributed by atoms with Crippen molar-refractivity contribution in [1.29, 1.82) is 0 Å². The van der Waals surface area contributed by atoms with Crippen molar-refractivity contribution in [2.75, 3.05) is 37.6 Å². The zero-order chi connectivity index (χ0) is 18.2. The second-order valence-corrected chi connectivity index (χ2v) is 7.65. The fraction of sp³-hybridized carbons (Fsp3) is 0.476. The van der Waals surface area contributed by atoms with Crippen LogP contribution in [0, 0.1) is 6.92 Å². The van der Waals surface area contributed by atoms with Crippen LogP contribution in [-0.4, -0.2) is 57.2 Å². The highest BCUT2D eigenvalue weighted by Gasteiger charge is 2.27. The van der Waals surface area contributed by atoms with Crippen molar-refractivity contribution >= 4 is 11.6 Å². The molecule has 0 amide bonds. The summed E-state index contributed by atoms with van der Waals surface area (Å²) in [5, 5.41) is 4.82. The summed E-state index contributed by atoms with van der Waals surface area (Å²) in [6.07, 6.45) is 4.97. The lowest BCUT2D eigenvalue weighted by molar-refractivity contribution is 0.334. The number of nitrogens with zero attached hydrogens (tertiary/aromatic N) is 6. The highest BCUT2D eigenvalue weighted by atomic mass is 15.4. The molecule has 0 spiro atoms. The van der Waals surface area contributed by atoms with E-state index in [2.05, 4.69) is 28.9 Å². The lowest BCUT2D eigenvalue weighted by Gasteiger charge is -2.22. The molecule has 0 atom stereocenters. The number of hydrogen-bond acceptors (Lipinski definition) is 5. The third-order valence-corrected chi connectivity index (χ3v) is 5.83. The van der Waals surface area contributed by atoms with Crippen molar-refractivity contribution in [2.45, 2.75) is 32.6 Å². The summed E-state index contributed by atoms with van der Waals surface area (Å²) in [6.45, 7) is 7.97. The molecule has 0 unspecified atom stereocenters. The van der Waals surface area contributed by atoms with Crippen molar-refractivity contribution in [1.82, 2.24) is 24.5 Å². The summed E-state index contributed by atoms with van der Waals surface area (Å²) in [5.74, 6) is 2.66. The van der Waals surface area contributed by atoms with E-state index < -0.39 is 0 Å². The SMILES string of the molecule is Cc1nc2nc(-c3ccccc3)nn2c2c1CCN2CCCN1CCCC1. The standard InChI is InChI=1S/C21H26N6/c1-16-18-10-15-26(14-7-13-25-11-5-6-12-25)20(18)27-21(22-16)23-19(24-27)17-8-3-2-4-9-17/h2-4,8-9H,5-7,10-15H2,1H3. The molecule has 2 aliphatic rings. The van der Waals surface area contributed by atoms with Gasteiger partial charge in [0, 0.05) is 29.9 Å². The number of rotatable bonds is 5. The Morgan fingerprint density at radius 2 is 1.78 bits per heavy atom. The molecule has 5 rings (SSSR count). The molecule has 1 fully saturated rings. The van der Waals surface area contributed by atoms with Gasteiger partial charge in [0.25, 0.3) is 5.78 Å². The Kier molecular flexibility index (Phi) is 4.28. The second-order valence-electron chi connectivity index (χ2n) is 7.65. The Bertz CT molecular complexity index is 942. The zero-order valence-corrected chi connectivity index (χ0v) is 15.9.